The summed E-state index contributed by atoms with van der Waals surface area (Å²) in [5.41, 5.74) is 2.02. The molecule has 12 aliphatic rings. The molecule has 29 atom stereocenters. The van der Waals surface area contributed by atoms with Crippen LogP contribution in [0.3, 0.4) is 0 Å². The minimum atomic E-state index is -1.24. The lowest BCUT2D eigenvalue weighted by molar-refractivity contribution is -0.850. The summed E-state index contributed by atoms with van der Waals surface area (Å²) in [6.45, 7) is 17.7. The third kappa shape index (κ3) is 19.7. The molecule has 1 amide bonds. The number of esters is 12. The summed E-state index contributed by atoms with van der Waals surface area (Å²) in [7, 11) is 8.82. The number of fused-ring (bicyclic) bond motifs is 12. The maximum atomic E-state index is 14.0. The van der Waals surface area contributed by atoms with Gasteiger partial charge < -0.3 is 108 Å². The molecule has 138 heavy (non-hydrogen) atoms. The molecule has 4 aliphatic heterocycles. The molecule has 754 valence electrons. The number of carboxylic acids is 1. The SMILES string of the molecule is COC(=O)[C@@H]1C[C@H](OC(=O)CCC(=O)O)C(=O)C2[C@@]1(C)CC[C@H]1C(=O)O[C@H](c3ccoc3)C[C@]21C.COC(=O)[C@@H]1C[C@H](OC(=O)CNC(C)=O)C(=O)C2[C@@]1(C)CC[C@H]1C(=O)O[C@H](c3ccoc3)C[C@]21C.COC(=O)[C@@H]1C[C@H](OC(=O)C[NH+](C)C)C(=O)C2[C@@]1(C)CC[C@H]1C(=O)O[C@H](c3ccoc3)C[C@]21C.COC(=O)[C@@H]1C[C@H](OC(=O)[C@H](C)N)C(=O)C2[C@@]1(C)CC[C@H]1C(=O)O[C@H](c3ccoc3)C[C@]21C.[Cl-]. The van der Waals surface area contributed by atoms with Gasteiger partial charge in [-0.2, -0.15) is 0 Å². The fourth-order valence-corrected chi connectivity index (χ4v) is 26.6. The van der Waals surface area contributed by atoms with Crippen molar-refractivity contribution in [2.75, 3.05) is 55.6 Å². The van der Waals surface area contributed by atoms with E-state index in [4.69, 9.17) is 85.4 Å². The van der Waals surface area contributed by atoms with E-state index in [0.717, 1.165) is 10.5 Å². The van der Waals surface area contributed by atoms with Gasteiger partial charge in [-0.05, 0) is 152 Å². The van der Waals surface area contributed by atoms with E-state index in [-0.39, 0.29) is 85.7 Å². The minimum absolute atomic E-state index is 0. The van der Waals surface area contributed by atoms with Crippen LogP contribution in [0.15, 0.2) is 92.0 Å². The van der Waals surface area contributed by atoms with E-state index in [9.17, 15) is 86.3 Å². The minimum Gasteiger partial charge on any atom is -1.00 e. The third-order valence-corrected chi connectivity index (χ3v) is 33.0. The molecule has 8 aliphatic carbocycles. The molecule has 8 heterocycles. The lowest BCUT2D eigenvalue weighted by Crippen LogP contribution is -3.06. The van der Waals surface area contributed by atoms with Crippen molar-refractivity contribution in [3.05, 3.63) is 96.6 Å². The molecule has 8 saturated carbocycles. The number of furan rings is 4. The number of cyclic esters (lactones) is 4. The number of nitrogens with two attached hydrogens (primary N) is 1. The molecule has 4 aromatic rings. The van der Waals surface area contributed by atoms with Crippen LogP contribution in [0.1, 0.15) is 231 Å². The van der Waals surface area contributed by atoms with Gasteiger partial charge in [0.05, 0.1) is 153 Å². The summed E-state index contributed by atoms with van der Waals surface area (Å²) in [6.07, 6.45) is 9.58. The fraction of sp³-hybridized carbons (Fsp3) is 0.657. The van der Waals surface area contributed by atoms with Crippen LogP contribution in [0, 0.1) is 114 Å². The van der Waals surface area contributed by atoms with Crippen LogP contribution >= 0.6 is 0 Å². The van der Waals surface area contributed by atoms with Gasteiger partial charge in [0, 0.05) is 78.5 Å². The van der Waals surface area contributed by atoms with E-state index >= 15 is 0 Å². The number of quaternary nitrogens is 1. The highest BCUT2D eigenvalue weighted by Crippen LogP contribution is 2.71. The Bertz CT molecular complexity index is 5110. The van der Waals surface area contributed by atoms with Crippen molar-refractivity contribution >= 4 is 107 Å². The van der Waals surface area contributed by atoms with Gasteiger partial charge in [-0.1, -0.05) is 55.4 Å². The lowest BCUT2D eigenvalue weighted by atomic mass is 9.43. The number of ketones is 4. The molecule has 38 nitrogen and oxygen atoms in total. The van der Waals surface area contributed by atoms with Crippen molar-refractivity contribution in [3.8, 4) is 0 Å². The van der Waals surface area contributed by atoms with Crippen LogP contribution in [0.4, 0.5) is 0 Å². The molecule has 0 aromatic carbocycles. The number of carbonyl (C=O) groups is 18. The zero-order chi connectivity index (χ0) is 100. The number of hydrogen-bond acceptors (Lipinski definition) is 35. The van der Waals surface area contributed by atoms with Crippen molar-refractivity contribution in [1.82, 2.24) is 5.32 Å². The average molecular weight is 1950 g/mol. The first kappa shape index (κ1) is 105. The second kappa shape index (κ2) is 41.2. The highest BCUT2D eigenvalue weighted by molar-refractivity contribution is 5.98. The van der Waals surface area contributed by atoms with Crippen molar-refractivity contribution in [2.24, 2.45) is 120 Å². The van der Waals surface area contributed by atoms with Gasteiger partial charge in [-0.15, -0.1) is 0 Å². The van der Waals surface area contributed by atoms with E-state index < -0.39 is 254 Å². The number of likely N-dealkylation sites (N-methyl/N-ethyl adjacent to an activating group) is 1. The summed E-state index contributed by atoms with van der Waals surface area (Å²) in [5.74, 6) is -16.7. The van der Waals surface area contributed by atoms with Gasteiger partial charge in [-0.25, -0.2) is 4.79 Å². The van der Waals surface area contributed by atoms with Gasteiger partial charge >= 0.3 is 77.6 Å². The van der Waals surface area contributed by atoms with Crippen LogP contribution in [0.5, 0.6) is 0 Å². The molecule has 39 heteroatoms. The quantitative estimate of drug-likeness (QED) is 0.0634. The van der Waals surface area contributed by atoms with Crippen molar-refractivity contribution in [1.29, 1.82) is 0 Å². The Labute approximate surface area is 803 Å². The zero-order valence-corrected chi connectivity index (χ0v) is 81.2. The Kier molecular flexibility index (Phi) is 31.5. The molecule has 4 unspecified atom stereocenters. The van der Waals surface area contributed by atoms with Crippen LogP contribution in [0.2, 0.25) is 0 Å². The number of methoxy groups -OCH3 is 4. The highest BCUT2D eigenvalue weighted by atomic mass is 35.5. The van der Waals surface area contributed by atoms with Crippen LogP contribution in [0.25, 0.3) is 0 Å². The number of carbonyl (C=O) groups excluding carboxylic acids is 17. The Hall–Kier alpha value is -11.4. The largest absolute Gasteiger partial charge is 1.00 e. The molecular formula is C99H126ClN3O35. The number of halogens is 1. The Morgan fingerprint density at radius 3 is 0.906 bits per heavy atom. The predicted molar refractivity (Wildman–Crippen MR) is 465 cm³/mol. The molecule has 16 rings (SSSR count). The van der Waals surface area contributed by atoms with Crippen molar-refractivity contribution in [2.45, 2.75) is 240 Å². The van der Waals surface area contributed by atoms with Gasteiger partial charge in [0.15, 0.2) is 54.1 Å². The second-order valence-electron chi connectivity index (χ2n) is 41.6. The van der Waals surface area contributed by atoms with E-state index in [1.807, 2.05) is 69.5 Å². The number of hydrogen-bond donors (Lipinski definition) is 4. The van der Waals surface area contributed by atoms with Gasteiger partial charge in [0.1, 0.15) is 37.0 Å². The van der Waals surface area contributed by atoms with Crippen LogP contribution in [-0.4, -0.2) is 198 Å². The number of ether oxygens (including phenoxy) is 12. The monoisotopic (exact) mass is 1950 g/mol. The fourth-order valence-electron chi connectivity index (χ4n) is 26.6. The Balaban J connectivity index is 0.000000165. The van der Waals surface area contributed by atoms with Crippen LogP contribution in [-0.2, 0) is 143 Å². The Morgan fingerprint density at radius 2 is 0.674 bits per heavy atom. The van der Waals surface area contributed by atoms with E-state index in [1.165, 1.54) is 92.4 Å². The molecule has 5 N–H and O–H groups in total. The smallest absolute Gasteiger partial charge is 0.362 e. The molecular weight excluding hydrogens is 1830 g/mol. The topological polar surface area (TPSA) is 533 Å². The van der Waals surface area contributed by atoms with Crippen LogP contribution < -0.4 is 28.4 Å². The summed E-state index contributed by atoms with van der Waals surface area (Å²) in [6, 6.07) is 5.99. The van der Waals surface area contributed by atoms with Gasteiger partial charge in [0.25, 0.3) is 0 Å². The summed E-state index contributed by atoms with van der Waals surface area (Å²) in [4.78, 5) is 232. The third-order valence-electron chi connectivity index (χ3n) is 33.0. The number of rotatable bonds is 20. The maximum Gasteiger partial charge on any atom is 0.362 e. The van der Waals surface area contributed by atoms with E-state index in [0.29, 0.717) is 93.7 Å². The second-order valence-corrected chi connectivity index (χ2v) is 41.6. The first-order valence-corrected chi connectivity index (χ1v) is 46.7. The summed E-state index contributed by atoms with van der Waals surface area (Å²) >= 11 is 0. The maximum absolute atomic E-state index is 14.0. The normalized spacial score (nSPS) is 37.0. The number of amides is 1. The number of aliphatic carboxylic acids is 1. The summed E-state index contributed by atoms with van der Waals surface area (Å²) in [5, 5.41) is 11.2. The van der Waals surface area contributed by atoms with Gasteiger partial charge in [0.2, 0.25) is 5.91 Å². The number of carboxylic acid groups (broad SMARTS) is 1. The predicted octanol–water partition coefficient (Wildman–Crippen LogP) is 5.42. The molecule has 12 fully saturated rings. The molecule has 0 spiro atoms. The van der Waals surface area contributed by atoms with Gasteiger partial charge in [-0.3, -0.25) is 81.5 Å². The molecule has 0 bridgehead atoms. The Morgan fingerprint density at radius 1 is 0.413 bits per heavy atom. The molecule has 0 radical (unpaired) electrons. The number of nitrogens with one attached hydrogen (secondary N) is 2. The molecule has 4 saturated heterocycles. The first-order chi connectivity index (χ1) is 64.5. The zero-order valence-electron chi connectivity index (χ0n) is 80.5. The van der Waals surface area contributed by atoms with E-state index in [1.54, 1.807) is 24.3 Å². The average Bonchev–Trinajstić information content (AvgIpc) is 0.937. The summed E-state index contributed by atoms with van der Waals surface area (Å²) < 4.78 is 86.0. The van der Waals surface area contributed by atoms with E-state index in [2.05, 4.69) is 5.32 Å². The lowest BCUT2D eigenvalue weighted by Gasteiger charge is -2.61. The number of Topliss-reactive ketones (excluding diaryl/α,β-unsaturated/α-hetero) is 4. The highest BCUT2D eigenvalue weighted by Gasteiger charge is 2.74. The van der Waals surface area contributed by atoms with Crippen molar-refractivity contribution in [3.63, 3.8) is 0 Å². The van der Waals surface area contributed by atoms with Crippen molar-refractivity contribution < 1.29 is 183 Å². The first-order valence-electron chi connectivity index (χ1n) is 46.7. The molecule has 4 aromatic heterocycles. The standard InChI is InChI=1S/C25H31NO9.C25H33NO8.C25H30O10.C24H31NO8.ClH/c1-13(27)26-11-19(28)34-17-9-16(22(30)32-4)24(2)7-5-15-23(31)35-18(14-6-8-33-12-14)10-25(15,3)21(24)20(17)29;1-24-8-6-15-23(30)34-18(14-7-9-32-13-14)11-25(15,2)21(24)20(28)17(10-16(24)22(29)31-5)33-19(27)12-26(3)4;1-24-8-6-14-23(31)35-17(13-7-9-33-12-13)11-25(14,2)21(24)20(29)16(10-15(24)22(30)32-3)34-19(28)5-4-18(26)27;1-12(25)20(27)32-16-9-15(21(28)30-4)23(2)7-5-14-22(29)33-17(13-6-8-31-11-13)10-24(14,3)19(23)18(16)26;/h6,8,12,15-18,21H,5,7,9-11H2,1-4H3,(H,26,27);7,9,13,15-18,21H,6,8,10-12H2,1-5H3;7,9,12,14-17,21H,4-6,8,10-11H2,1-3H3,(H,26,27);6,8,11-12,14-17,19H,5,7,9-10,25H2,1-4H3;1H/t2*15-,16-,17-,18-,21?,24-,25-;14-,15-,16-,17-,21?,24-,25-;12-,14-,15-,16-,17-,19?,23-,24-;/m0000./s1.